The Hall–Kier alpha value is -3.14. The normalized spacial score (nSPS) is 10.0. The van der Waals surface area contributed by atoms with Gasteiger partial charge in [-0.25, -0.2) is 4.79 Å². The number of aromatic hydroxyl groups is 1. The summed E-state index contributed by atoms with van der Waals surface area (Å²) in [6, 6.07) is 9.91. The van der Waals surface area contributed by atoms with Crippen molar-refractivity contribution in [1.82, 2.24) is 0 Å². The van der Waals surface area contributed by atoms with E-state index in [-0.39, 0.29) is 17.2 Å². The number of halogens is 1. The number of phenolic OH excluding ortho intramolecular Hbond substituents is 1. The highest BCUT2D eigenvalue weighted by atomic mass is 79.9. The van der Waals surface area contributed by atoms with Gasteiger partial charge in [0.2, 0.25) is 0 Å². The van der Waals surface area contributed by atoms with Crippen LogP contribution in [0, 0.1) is 10.1 Å². The zero-order chi connectivity index (χ0) is 19.1. The van der Waals surface area contributed by atoms with E-state index < -0.39 is 30.0 Å². The Kier molecular flexibility index (Phi) is 6.50. The molecule has 0 radical (unpaired) electrons. The largest absolute Gasteiger partial charge is 0.504 e. The average molecular weight is 425 g/mol. The van der Waals surface area contributed by atoms with Crippen LogP contribution in [0.15, 0.2) is 46.9 Å². The Balaban J connectivity index is 1.80. The number of anilines is 1. The molecule has 26 heavy (non-hydrogen) atoms. The Morgan fingerprint density at radius 3 is 2.58 bits per heavy atom. The first-order chi connectivity index (χ1) is 12.4. The predicted octanol–water partition coefficient (Wildman–Crippen LogP) is 2.62. The summed E-state index contributed by atoms with van der Waals surface area (Å²) in [6.07, 6.45) is 0. The maximum Gasteiger partial charge on any atom is 0.344 e. The molecule has 0 fully saturated rings. The first-order valence-electron chi connectivity index (χ1n) is 7.17. The Morgan fingerprint density at radius 2 is 1.92 bits per heavy atom. The van der Waals surface area contributed by atoms with Crippen LogP contribution in [0.1, 0.15) is 0 Å². The van der Waals surface area contributed by atoms with Crippen LogP contribution in [0.4, 0.5) is 11.4 Å². The first kappa shape index (κ1) is 19.2. The summed E-state index contributed by atoms with van der Waals surface area (Å²) in [6.45, 7) is -1.04. The van der Waals surface area contributed by atoms with Crippen molar-refractivity contribution >= 4 is 39.2 Å². The van der Waals surface area contributed by atoms with E-state index in [2.05, 4.69) is 21.2 Å². The number of phenols is 1. The van der Waals surface area contributed by atoms with Crippen LogP contribution in [-0.2, 0) is 14.3 Å². The van der Waals surface area contributed by atoms with Crippen molar-refractivity contribution in [2.24, 2.45) is 0 Å². The summed E-state index contributed by atoms with van der Waals surface area (Å²) in [5, 5.41) is 22.6. The molecule has 2 aromatic carbocycles. The van der Waals surface area contributed by atoms with Crippen LogP contribution < -0.4 is 10.1 Å². The van der Waals surface area contributed by atoms with Crippen molar-refractivity contribution in [3.8, 4) is 11.5 Å². The number of nitro benzene ring substituents is 1. The minimum atomic E-state index is -0.800. The van der Waals surface area contributed by atoms with Gasteiger partial charge in [0, 0.05) is 16.6 Å². The molecule has 2 N–H and O–H groups in total. The number of non-ortho nitro benzene ring substituents is 1. The average Bonchev–Trinajstić information content (AvgIpc) is 2.60. The van der Waals surface area contributed by atoms with E-state index in [4.69, 9.17) is 9.47 Å². The number of ether oxygens (including phenoxy) is 2. The summed E-state index contributed by atoms with van der Waals surface area (Å²) in [5.41, 5.74) is 0.157. The lowest BCUT2D eigenvalue weighted by Crippen LogP contribution is -2.23. The number of hydrogen-bond acceptors (Lipinski definition) is 7. The minimum Gasteiger partial charge on any atom is -0.504 e. The smallest absolute Gasteiger partial charge is 0.344 e. The molecule has 0 unspecified atom stereocenters. The molecule has 0 aliphatic carbocycles. The topological polar surface area (TPSA) is 128 Å². The minimum absolute atomic E-state index is 0.115. The van der Waals surface area contributed by atoms with Crippen LogP contribution in [0.5, 0.6) is 11.5 Å². The van der Waals surface area contributed by atoms with Crippen LogP contribution in [-0.4, -0.2) is 35.1 Å². The fourth-order valence-electron chi connectivity index (χ4n) is 1.81. The molecular formula is C16H13BrN2O7. The summed E-state index contributed by atoms with van der Waals surface area (Å²) < 4.78 is 10.1. The second kappa shape index (κ2) is 8.81. The van der Waals surface area contributed by atoms with Gasteiger partial charge in [-0.15, -0.1) is 0 Å². The van der Waals surface area contributed by atoms with Crippen LogP contribution >= 0.6 is 15.9 Å². The predicted molar refractivity (Wildman–Crippen MR) is 94.0 cm³/mol. The van der Waals surface area contributed by atoms with Gasteiger partial charge in [0.15, 0.2) is 24.7 Å². The standard InChI is InChI=1S/C16H13BrN2O7/c17-11-7-10(19(23)24)5-6-12(11)18-15(21)8-26-16(22)9-25-14-4-2-1-3-13(14)20/h1-7,20H,8-9H2,(H,18,21). The molecule has 0 aliphatic rings. The maximum absolute atomic E-state index is 11.8. The van der Waals surface area contributed by atoms with Crippen molar-refractivity contribution in [3.05, 3.63) is 57.1 Å². The van der Waals surface area contributed by atoms with Gasteiger partial charge in [0.25, 0.3) is 11.6 Å². The Morgan fingerprint density at radius 1 is 1.19 bits per heavy atom. The molecule has 0 atom stereocenters. The van der Waals surface area contributed by atoms with E-state index in [0.29, 0.717) is 10.2 Å². The van der Waals surface area contributed by atoms with Gasteiger partial charge in [-0.1, -0.05) is 12.1 Å². The number of para-hydroxylation sites is 2. The van der Waals surface area contributed by atoms with Gasteiger partial charge in [-0.3, -0.25) is 14.9 Å². The Labute approximate surface area is 155 Å². The van der Waals surface area contributed by atoms with E-state index >= 15 is 0 Å². The molecule has 0 bridgehead atoms. The van der Waals surface area contributed by atoms with E-state index in [1.807, 2.05) is 0 Å². The third-order valence-electron chi connectivity index (χ3n) is 3.01. The van der Waals surface area contributed by atoms with Crippen molar-refractivity contribution in [2.75, 3.05) is 18.5 Å². The fourth-order valence-corrected chi connectivity index (χ4v) is 2.27. The number of esters is 1. The van der Waals surface area contributed by atoms with E-state index in [0.717, 1.165) is 0 Å². The van der Waals surface area contributed by atoms with Crippen molar-refractivity contribution in [2.45, 2.75) is 0 Å². The quantitative estimate of drug-likeness (QED) is 0.397. The van der Waals surface area contributed by atoms with Gasteiger partial charge in [0.1, 0.15) is 0 Å². The SMILES string of the molecule is O=C(COC(=O)COc1ccccc1O)Nc1ccc([N+](=O)[O-])cc1Br. The second-order valence-electron chi connectivity index (χ2n) is 4.89. The molecule has 0 saturated carbocycles. The summed E-state index contributed by atoms with van der Waals surface area (Å²) in [7, 11) is 0. The number of hydrogen-bond donors (Lipinski definition) is 2. The lowest BCUT2D eigenvalue weighted by molar-refractivity contribution is -0.384. The third-order valence-corrected chi connectivity index (χ3v) is 3.67. The van der Waals surface area contributed by atoms with E-state index in [9.17, 15) is 24.8 Å². The summed E-state index contributed by atoms with van der Waals surface area (Å²) >= 11 is 3.11. The monoisotopic (exact) mass is 424 g/mol. The summed E-state index contributed by atoms with van der Waals surface area (Å²) in [4.78, 5) is 33.5. The number of carbonyl (C=O) groups excluding carboxylic acids is 2. The van der Waals surface area contributed by atoms with Gasteiger partial charge in [-0.2, -0.15) is 0 Å². The van der Waals surface area contributed by atoms with Crippen molar-refractivity contribution in [3.63, 3.8) is 0 Å². The highest BCUT2D eigenvalue weighted by molar-refractivity contribution is 9.10. The van der Waals surface area contributed by atoms with Gasteiger partial charge in [0.05, 0.1) is 10.6 Å². The number of nitro groups is 1. The molecule has 10 heteroatoms. The summed E-state index contributed by atoms with van der Waals surface area (Å²) in [5.74, 6) is -1.44. The first-order valence-corrected chi connectivity index (χ1v) is 7.96. The molecule has 0 saturated heterocycles. The maximum atomic E-state index is 11.8. The third kappa shape index (κ3) is 5.45. The molecule has 0 heterocycles. The van der Waals surface area contributed by atoms with Crippen LogP contribution in [0.2, 0.25) is 0 Å². The highest BCUT2D eigenvalue weighted by Gasteiger charge is 2.13. The van der Waals surface area contributed by atoms with Crippen molar-refractivity contribution < 1.29 is 29.1 Å². The molecule has 2 rings (SSSR count). The van der Waals surface area contributed by atoms with Gasteiger partial charge < -0.3 is 19.9 Å². The van der Waals surface area contributed by atoms with Gasteiger partial charge in [-0.05, 0) is 34.1 Å². The molecule has 136 valence electrons. The number of nitrogens with zero attached hydrogens (tertiary/aromatic N) is 1. The molecule has 2 aromatic rings. The number of benzene rings is 2. The second-order valence-corrected chi connectivity index (χ2v) is 5.74. The zero-order valence-electron chi connectivity index (χ0n) is 13.2. The molecule has 9 nitrogen and oxygen atoms in total. The number of nitrogens with one attached hydrogen (secondary N) is 1. The molecule has 0 spiro atoms. The zero-order valence-corrected chi connectivity index (χ0v) is 14.8. The van der Waals surface area contributed by atoms with E-state index in [1.165, 1.54) is 30.3 Å². The lowest BCUT2D eigenvalue weighted by Gasteiger charge is -2.09. The number of carbonyl (C=O) groups is 2. The molecule has 0 aliphatic heterocycles. The molecular weight excluding hydrogens is 412 g/mol. The highest BCUT2D eigenvalue weighted by Crippen LogP contribution is 2.27. The van der Waals surface area contributed by atoms with Crippen LogP contribution in [0.3, 0.4) is 0 Å². The van der Waals surface area contributed by atoms with Crippen LogP contribution in [0.25, 0.3) is 0 Å². The fraction of sp³-hybridized carbons (Fsp3) is 0.125. The van der Waals surface area contributed by atoms with E-state index in [1.54, 1.807) is 12.1 Å². The Bertz CT molecular complexity index is 841. The number of rotatable bonds is 7. The van der Waals surface area contributed by atoms with Crippen molar-refractivity contribution in [1.29, 1.82) is 0 Å². The number of amides is 1. The lowest BCUT2D eigenvalue weighted by atomic mass is 10.3. The molecule has 1 amide bonds. The van der Waals surface area contributed by atoms with Gasteiger partial charge >= 0.3 is 5.97 Å². The molecule has 0 aromatic heterocycles.